The van der Waals surface area contributed by atoms with E-state index in [2.05, 4.69) is 29.7 Å². The third-order valence-corrected chi connectivity index (χ3v) is 3.43. The topological polar surface area (TPSA) is 85.9 Å². The van der Waals surface area contributed by atoms with Gasteiger partial charge < -0.3 is 15.2 Å². The summed E-state index contributed by atoms with van der Waals surface area (Å²) in [7, 11) is 0. The van der Waals surface area contributed by atoms with E-state index in [-0.39, 0.29) is 5.11 Å². The molecule has 0 saturated carbocycles. The molecule has 7 heteroatoms. The van der Waals surface area contributed by atoms with Crippen molar-refractivity contribution in [2.24, 2.45) is 10.8 Å². The summed E-state index contributed by atoms with van der Waals surface area (Å²) in [5, 5.41) is 3.94. The zero-order valence-corrected chi connectivity index (χ0v) is 15.3. The first-order valence-electron chi connectivity index (χ1n) is 8.22. The van der Waals surface area contributed by atoms with Crippen molar-refractivity contribution in [3.05, 3.63) is 59.7 Å². The Morgan fingerprint density at radius 1 is 1.15 bits per heavy atom. The normalized spacial score (nSPS) is 10.5. The number of carbonyl (C=O) groups excluding carboxylic acids is 1. The van der Waals surface area contributed by atoms with E-state index in [0.717, 1.165) is 24.2 Å². The van der Waals surface area contributed by atoms with E-state index in [1.54, 1.807) is 54.7 Å². The fourth-order valence-electron chi connectivity index (χ4n) is 1.98. The molecule has 0 fully saturated rings. The lowest BCUT2D eigenvalue weighted by atomic mass is 10.2. The molecule has 2 aromatic carbocycles. The third-order valence-electron chi connectivity index (χ3n) is 3.34. The first kappa shape index (κ1) is 19.4. The van der Waals surface area contributed by atoms with E-state index in [1.807, 2.05) is 0 Å². The summed E-state index contributed by atoms with van der Waals surface area (Å²) < 4.78 is 10.9. The van der Waals surface area contributed by atoms with Gasteiger partial charge in [-0.15, -0.1) is 0 Å². The number of hydrogen-bond donors (Lipinski definition) is 2. The Bertz CT molecular complexity index is 759. The predicted molar refractivity (Wildman–Crippen MR) is 106 cm³/mol. The van der Waals surface area contributed by atoms with E-state index in [4.69, 9.17) is 15.2 Å². The lowest BCUT2D eigenvalue weighted by Gasteiger charge is -2.07. The molecule has 136 valence electrons. The first-order valence-corrected chi connectivity index (χ1v) is 8.63. The van der Waals surface area contributed by atoms with Crippen molar-refractivity contribution >= 4 is 29.5 Å². The summed E-state index contributed by atoms with van der Waals surface area (Å²) in [5.74, 6) is 0.753. The van der Waals surface area contributed by atoms with Gasteiger partial charge in [-0.1, -0.05) is 13.3 Å². The Kier molecular flexibility index (Phi) is 7.57. The van der Waals surface area contributed by atoms with Crippen molar-refractivity contribution in [1.29, 1.82) is 0 Å². The molecule has 0 radical (unpaired) electrons. The highest BCUT2D eigenvalue weighted by Gasteiger charge is 2.08. The molecule has 26 heavy (non-hydrogen) atoms. The summed E-state index contributed by atoms with van der Waals surface area (Å²) in [5.41, 5.74) is 9.00. The maximum Gasteiger partial charge on any atom is 0.343 e. The van der Waals surface area contributed by atoms with Crippen LogP contribution in [0.4, 0.5) is 0 Å². The van der Waals surface area contributed by atoms with Gasteiger partial charge in [0.1, 0.15) is 11.5 Å². The molecule has 3 N–H and O–H groups in total. The fourth-order valence-corrected chi connectivity index (χ4v) is 2.03. The largest absolute Gasteiger partial charge is 0.494 e. The van der Waals surface area contributed by atoms with Crippen LogP contribution >= 0.6 is 12.2 Å². The highest BCUT2D eigenvalue weighted by Crippen LogP contribution is 2.16. The van der Waals surface area contributed by atoms with Gasteiger partial charge in [0.2, 0.25) is 0 Å². The van der Waals surface area contributed by atoms with Crippen LogP contribution in [-0.2, 0) is 0 Å². The lowest BCUT2D eigenvalue weighted by molar-refractivity contribution is 0.0734. The van der Waals surface area contributed by atoms with Crippen LogP contribution in [0.25, 0.3) is 0 Å². The van der Waals surface area contributed by atoms with Crippen molar-refractivity contribution < 1.29 is 14.3 Å². The Labute approximate surface area is 158 Å². The summed E-state index contributed by atoms with van der Waals surface area (Å²) in [6.07, 6.45) is 3.63. The number of ether oxygens (including phenoxy) is 2. The summed E-state index contributed by atoms with van der Waals surface area (Å²) >= 11 is 4.65. The molecule has 2 aromatic rings. The number of hydrazone groups is 1. The van der Waals surface area contributed by atoms with Gasteiger partial charge in [0.25, 0.3) is 0 Å². The molecular weight excluding hydrogens is 350 g/mol. The monoisotopic (exact) mass is 371 g/mol. The Morgan fingerprint density at radius 3 is 2.42 bits per heavy atom. The molecule has 2 rings (SSSR count). The number of nitrogens with zero attached hydrogens (tertiary/aromatic N) is 1. The maximum atomic E-state index is 12.2. The Balaban J connectivity index is 1.90. The number of rotatable bonds is 8. The molecule has 0 bridgehead atoms. The molecule has 0 aliphatic heterocycles. The van der Waals surface area contributed by atoms with Crippen molar-refractivity contribution in [2.45, 2.75) is 19.8 Å². The van der Waals surface area contributed by atoms with Crippen LogP contribution in [0.5, 0.6) is 11.5 Å². The summed E-state index contributed by atoms with van der Waals surface area (Å²) in [6.45, 7) is 2.77. The van der Waals surface area contributed by atoms with Gasteiger partial charge in [-0.05, 0) is 72.7 Å². The van der Waals surface area contributed by atoms with Crippen LogP contribution in [0.1, 0.15) is 35.7 Å². The van der Waals surface area contributed by atoms with Gasteiger partial charge in [0.05, 0.1) is 18.4 Å². The van der Waals surface area contributed by atoms with E-state index in [9.17, 15) is 4.79 Å². The maximum absolute atomic E-state index is 12.2. The minimum absolute atomic E-state index is 0.0913. The van der Waals surface area contributed by atoms with Crippen LogP contribution < -0.4 is 20.6 Å². The molecule has 0 heterocycles. The quantitative estimate of drug-likeness (QED) is 0.185. The summed E-state index contributed by atoms with van der Waals surface area (Å²) in [6, 6.07) is 13.8. The van der Waals surface area contributed by atoms with Gasteiger partial charge in [0.15, 0.2) is 5.11 Å². The molecule has 0 unspecified atom stereocenters. The second-order valence-electron chi connectivity index (χ2n) is 5.42. The number of hydrogen-bond acceptors (Lipinski definition) is 5. The average Bonchev–Trinajstić information content (AvgIpc) is 2.63. The standard InChI is InChI=1S/C19H21N3O3S/c1-2-3-12-24-16-10-6-15(7-11-16)18(23)25-17-8-4-14(5-9-17)13-21-22-19(20)26/h4-11,13H,2-3,12H2,1H3,(H3,20,22,26)/b21-13-. The van der Waals surface area contributed by atoms with Crippen molar-refractivity contribution in [2.75, 3.05) is 6.61 Å². The van der Waals surface area contributed by atoms with Crippen LogP contribution in [-0.4, -0.2) is 23.9 Å². The molecule has 0 aromatic heterocycles. The number of thiocarbonyl (C=S) groups is 1. The fraction of sp³-hybridized carbons (Fsp3) is 0.211. The first-order chi connectivity index (χ1) is 12.6. The minimum Gasteiger partial charge on any atom is -0.494 e. The number of nitrogens with two attached hydrogens (primary N) is 1. The molecule has 0 atom stereocenters. The molecule has 6 nitrogen and oxygen atoms in total. The van der Waals surface area contributed by atoms with Crippen LogP contribution in [0, 0.1) is 0 Å². The molecule has 0 aliphatic rings. The predicted octanol–water partition coefficient (Wildman–Crippen LogP) is 3.25. The molecule has 0 spiro atoms. The third kappa shape index (κ3) is 6.52. The second kappa shape index (κ2) is 10.1. The number of esters is 1. The zero-order valence-electron chi connectivity index (χ0n) is 14.5. The van der Waals surface area contributed by atoms with E-state index in [0.29, 0.717) is 17.9 Å². The van der Waals surface area contributed by atoms with E-state index >= 15 is 0 Å². The Hall–Kier alpha value is -2.93. The van der Waals surface area contributed by atoms with Gasteiger partial charge in [-0.25, -0.2) is 4.79 Å². The van der Waals surface area contributed by atoms with Crippen LogP contribution in [0.3, 0.4) is 0 Å². The molecule has 0 amide bonds. The van der Waals surface area contributed by atoms with Gasteiger partial charge in [0, 0.05) is 0 Å². The minimum atomic E-state index is -0.429. The van der Waals surface area contributed by atoms with Crippen LogP contribution in [0.2, 0.25) is 0 Å². The van der Waals surface area contributed by atoms with Gasteiger partial charge >= 0.3 is 5.97 Å². The lowest BCUT2D eigenvalue weighted by Crippen LogP contribution is -2.23. The summed E-state index contributed by atoms with van der Waals surface area (Å²) in [4.78, 5) is 12.2. The zero-order chi connectivity index (χ0) is 18.8. The van der Waals surface area contributed by atoms with Crippen molar-refractivity contribution in [3.63, 3.8) is 0 Å². The smallest absolute Gasteiger partial charge is 0.343 e. The molecular formula is C19H21N3O3S. The molecule has 0 aliphatic carbocycles. The second-order valence-corrected chi connectivity index (χ2v) is 5.86. The number of unbranched alkanes of at least 4 members (excludes halogenated alkanes) is 1. The van der Waals surface area contributed by atoms with Crippen LogP contribution in [0.15, 0.2) is 53.6 Å². The van der Waals surface area contributed by atoms with E-state index < -0.39 is 5.97 Å². The SMILES string of the molecule is CCCCOc1ccc(C(=O)Oc2ccc(/C=N\NC(N)=S)cc2)cc1. The number of benzene rings is 2. The van der Waals surface area contributed by atoms with Gasteiger partial charge in [-0.3, -0.25) is 5.43 Å². The number of carbonyl (C=O) groups is 1. The average molecular weight is 371 g/mol. The number of nitrogens with one attached hydrogen (secondary N) is 1. The molecule has 0 saturated heterocycles. The highest BCUT2D eigenvalue weighted by molar-refractivity contribution is 7.80. The van der Waals surface area contributed by atoms with Gasteiger partial charge in [-0.2, -0.15) is 5.10 Å². The Morgan fingerprint density at radius 2 is 1.81 bits per heavy atom. The van der Waals surface area contributed by atoms with E-state index in [1.165, 1.54) is 0 Å². The van der Waals surface area contributed by atoms with Crippen molar-refractivity contribution in [1.82, 2.24) is 5.43 Å². The highest BCUT2D eigenvalue weighted by atomic mass is 32.1. The van der Waals surface area contributed by atoms with Crippen molar-refractivity contribution in [3.8, 4) is 11.5 Å².